The summed E-state index contributed by atoms with van der Waals surface area (Å²) < 4.78 is 0. The molecule has 0 fully saturated rings. The van der Waals surface area contributed by atoms with Gasteiger partial charge < -0.3 is 5.11 Å². The van der Waals surface area contributed by atoms with Crippen molar-refractivity contribution in [1.82, 2.24) is 0 Å². The first-order chi connectivity index (χ1) is 12.7. The zero-order chi connectivity index (χ0) is 21.6. The predicted octanol–water partition coefficient (Wildman–Crippen LogP) is 8.76. The molecule has 0 atom stereocenters. The Morgan fingerprint density at radius 1 is 0.815 bits per heavy atom. The topological polar surface area (TPSA) is 20.2 Å². The Morgan fingerprint density at radius 3 is 1.70 bits per heavy atom. The van der Waals surface area contributed by atoms with Gasteiger partial charge in [-0.2, -0.15) is 0 Å². The number of phenols is 1. The van der Waals surface area contributed by atoms with Crippen molar-refractivity contribution in [2.75, 3.05) is 0 Å². The van der Waals surface area contributed by atoms with Gasteiger partial charge in [-0.25, -0.2) is 0 Å². The largest absolute Gasteiger partial charge is 0.508 e. The van der Waals surface area contributed by atoms with Crippen LogP contribution in [-0.4, -0.2) is 5.11 Å². The number of phenolic OH excluding ortho intramolecular Hbond substituents is 1. The van der Waals surface area contributed by atoms with Gasteiger partial charge >= 0.3 is 0 Å². The second kappa shape index (κ2) is 14.1. The molecule has 0 radical (unpaired) electrons. The van der Waals surface area contributed by atoms with Crippen LogP contribution < -0.4 is 0 Å². The number of hydrogen-bond acceptors (Lipinski definition) is 1. The van der Waals surface area contributed by atoms with Crippen molar-refractivity contribution in [3.63, 3.8) is 0 Å². The van der Waals surface area contributed by atoms with E-state index in [0.717, 1.165) is 17.6 Å². The number of allylic oxidation sites excluding steroid dienone is 1. The summed E-state index contributed by atoms with van der Waals surface area (Å²) in [7, 11) is 0. The molecular formula is C26H42O. The molecule has 0 spiro atoms. The molecule has 2 aromatic rings. The number of hydrogen-bond donors (Lipinski definition) is 1. The van der Waals surface area contributed by atoms with Gasteiger partial charge in [0.15, 0.2) is 0 Å². The molecule has 1 heteroatoms. The van der Waals surface area contributed by atoms with E-state index < -0.39 is 0 Å². The van der Waals surface area contributed by atoms with Crippen LogP contribution in [0.15, 0.2) is 49.0 Å². The van der Waals surface area contributed by atoms with Crippen molar-refractivity contribution in [3.8, 4) is 16.9 Å². The highest BCUT2D eigenvalue weighted by Crippen LogP contribution is 2.29. The summed E-state index contributed by atoms with van der Waals surface area (Å²) in [6.45, 7) is 24.9. The van der Waals surface area contributed by atoms with Crippen LogP contribution in [0, 0.1) is 5.41 Å². The maximum Gasteiger partial charge on any atom is 0.115 e. The Hall–Kier alpha value is -2.02. The highest BCUT2D eigenvalue weighted by atomic mass is 16.3. The first-order valence-electron chi connectivity index (χ1n) is 10.3. The Kier molecular flexibility index (Phi) is 14.2. The molecule has 0 aliphatic carbocycles. The fraction of sp³-hybridized carbons (Fsp3) is 0.462. The molecule has 0 bridgehead atoms. The van der Waals surface area contributed by atoms with E-state index in [0.29, 0.717) is 5.75 Å². The SMILES string of the molecule is C=C(C)c1cc(CC(C)(C)C)cc(-c2ccc(O)cc2)c1.CC.CC.CC. The molecule has 0 amide bonds. The Balaban J connectivity index is 0. The molecule has 1 N–H and O–H groups in total. The molecule has 0 heterocycles. The minimum absolute atomic E-state index is 0.250. The zero-order valence-corrected chi connectivity index (χ0v) is 19.4. The number of benzene rings is 2. The lowest BCUT2D eigenvalue weighted by Crippen LogP contribution is -2.09. The third-order valence-electron chi connectivity index (χ3n) is 3.42. The maximum absolute atomic E-state index is 9.44. The van der Waals surface area contributed by atoms with Gasteiger partial charge in [-0.1, -0.05) is 98.7 Å². The van der Waals surface area contributed by atoms with Gasteiger partial charge in [-0.15, -0.1) is 0 Å². The van der Waals surface area contributed by atoms with Gasteiger partial charge in [0.1, 0.15) is 5.75 Å². The van der Waals surface area contributed by atoms with Gasteiger partial charge in [0.05, 0.1) is 0 Å². The lowest BCUT2D eigenvalue weighted by molar-refractivity contribution is 0.411. The summed E-state index contributed by atoms with van der Waals surface area (Å²) in [5, 5.41) is 9.44. The molecule has 0 unspecified atom stereocenters. The van der Waals surface area contributed by atoms with Gasteiger partial charge in [0, 0.05) is 0 Å². The lowest BCUT2D eigenvalue weighted by atomic mass is 9.86. The molecular weight excluding hydrogens is 328 g/mol. The van der Waals surface area contributed by atoms with Crippen molar-refractivity contribution in [1.29, 1.82) is 0 Å². The van der Waals surface area contributed by atoms with E-state index in [1.54, 1.807) is 12.1 Å². The van der Waals surface area contributed by atoms with Gasteiger partial charge in [0.25, 0.3) is 0 Å². The van der Waals surface area contributed by atoms with Crippen molar-refractivity contribution >= 4 is 5.57 Å². The summed E-state index contributed by atoms with van der Waals surface area (Å²) in [5.74, 6) is 0.296. The monoisotopic (exact) mass is 370 g/mol. The zero-order valence-electron chi connectivity index (χ0n) is 19.4. The maximum atomic E-state index is 9.44. The van der Waals surface area contributed by atoms with Crippen LogP contribution in [0.2, 0.25) is 0 Å². The summed E-state index contributed by atoms with van der Waals surface area (Å²) >= 11 is 0. The van der Waals surface area contributed by atoms with Crippen LogP contribution in [-0.2, 0) is 6.42 Å². The molecule has 2 rings (SSSR count). The fourth-order valence-electron chi connectivity index (χ4n) is 2.47. The lowest BCUT2D eigenvalue weighted by Gasteiger charge is -2.20. The van der Waals surface area contributed by atoms with Crippen molar-refractivity contribution in [2.24, 2.45) is 5.41 Å². The minimum atomic E-state index is 0.250. The van der Waals surface area contributed by atoms with Crippen LogP contribution in [0.5, 0.6) is 5.75 Å². The molecule has 0 saturated heterocycles. The van der Waals surface area contributed by atoms with Gasteiger partial charge in [0.2, 0.25) is 0 Å². The molecule has 0 aliphatic rings. The second-order valence-electron chi connectivity index (χ2n) is 6.98. The molecule has 0 saturated carbocycles. The summed E-state index contributed by atoms with van der Waals surface area (Å²) in [6, 6.07) is 14.0. The molecule has 1 nitrogen and oxygen atoms in total. The van der Waals surface area contributed by atoms with E-state index >= 15 is 0 Å². The van der Waals surface area contributed by atoms with Crippen LogP contribution >= 0.6 is 0 Å². The van der Waals surface area contributed by atoms with Crippen LogP contribution in [0.25, 0.3) is 16.7 Å². The van der Waals surface area contributed by atoms with E-state index in [1.807, 2.05) is 60.6 Å². The summed E-state index contributed by atoms with van der Waals surface area (Å²) in [6.07, 6.45) is 1.03. The standard InChI is InChI=1S/C20H24O.3C2H6/c1-14(2)17-10-15(13-20(3,4)5)11-18(12-17)16-6-8-19(21)9-7-16;3*1-2/h6-12,21H,1,13H2,2-5H3;3*1-2H3. The Bertz CT molecular complexity index is 643. The van der Waals surface area contributed by atoms with Crippen molar-refractivity contribution in [2.45, 2.75) is 75.7 Å². The number of aromatic hydroxyl groups is 1. The molecule has 152 valence electrons. The van der Waals surface area contributed by atoms with Crippen molar-refractivity contribution < 1.29 is 5.11 Å². The van der Waals surface area contributed by atoms with E-state index in [9.17, 15) is 5.11 Å². The van der Waals surface area contributed by atoms with E-state index in [-0.39, 0.29) is 5.41 Å². The van der Waals surface area contributed by atoms with Gasteiger partial charge in [-0.3, -0.25) is 0 Å². The third-order valence-corrected chi connectivity index (χ3v) is 3.42. The average molecular weight is 371 g/mol. The first kappa shape index (κ1) is 27.2. The van der Waals surface area contributed by atoms with E-state index in [4.69, 9.17) is 0 Å². The molecule has 2 aromatic carbocycles. The Labute approximate surface area is 169 Å². The molecule has 0 aliphatic heterocycles. The average Bonchev–Trinajstić information content (AvgIpc) is 2.65. The quantitative estimate of drug-likeness (QED) is 0.572. The van der Waals surface area contributed by atoms with Gasteiger partial charge in [-0.05, 0) is 59.2 Å². The first-order valence-corrected chi connectivity index (χ1v) is 10.3. The highest BCUT2D eigenvalue weighted by Gasteiger charge is 2.13. The van der Waals surface area contributed by atoms with E-state index in [1.165, 1.54) is 16.7 Å². The second-order valence-corrected chi connectivity index (χ2v) is 6.98. The van der Waals surface area contributed by atoms with Crippen molar-refractivity contribution in [3.05, 3.63) is 60.2 Å². The molecule has 0 aromatic heterocycles. The molecule has 27 heavy (non-hydrogen) atoms. The smallest absolute Gasteiger partial charge is 0.115 e. The Morgan fingerprint density at radius 2 is 1.30 bits per heavy atom. The van der Waals surface area contributed by atoms with Crippen LogP contribution in [0.4, 0.5) is 0 Å². The highest BCUT2D eigenvalue weighted by molar-refractivity contribution is 5.72. The van der Waals surface area contributed by atoms with Crippen LogP contribution in [0.3, 0.4) is 0 Å². The number of rotatable bonds is 3. The third kappa shape index (κ3) is 10.7. The van der Waals surface area contributed by atoms with Crippen LogP contribution in [0.1, 0.15) is 80.4 Å². The van der Waals surface area contributed by atoms with E-state index in [2.05, 4.69) is 45.5 Å². The predicted molar refractivity (Wildman–Crippen MR) is 125 cm³/mol. The normalized spacial score (nSPS) is 9.56. The summed E-state index contributed by atoms with van der Waals surface area (Å²) in [4.78, 5) is 0. The fourth-order valence-corrected chi connectivity index (χ4v) is 2.47. The summed E-state index contributed by atoms with van der Waals surface area (Å²) in [5.41, 5.74) is 6.12. The minimum Gasteiger partial charge on any atom is -0.508 e.